The predicted octanol–water partition coefficient (Wildman–Crippen LogP) is -6.61. The maximum atomic E-state index is 13.0. The molecule has 54 heavy (non-hydrogen) atoms. The molecule has 11 atom stereocenters. The monoisotopic (exact) mass is 776 g/mol. The molecule has 0 aromatic rings. The van der Waals surface area contributed by atoms with Crippen LogP contribution in [0, 0.1) is 0 Å². The average Bonchev–Trinajstić information content (AvgIpc) is 3.54. The zero-order valence-corrected chi connectivity index (χ0v) is 30.3. The Kier molecular flexibility index (Phi) is 20.3. The molecule has 310 valence electrons. The van der Waals surface area contributed by atoms with Crippen molar-refractivity contribution in [1.29, 1.82) is 0 Å². The standard InChI is InChI=1S/C31H60N12O11/c32-7-1-4-15(34)10-20(45)38-8-2-5-16(35)11-21(46)39-9-3-6-17(36)12-22(47)40-25-27(49)26(48)19(14-53-30(37)52)54-28(25)43-31-41-23(18(44)13-33)24(42-31)29(50)51/h15-19,23-28,44,48-49H,1-14,32-36H2,(H2,37,52)(H,38,45)(H,39,46)(H,40,47)(H,50,51)(H2,41,42,43)/t15?,16?,17?,18?,19-,23-,24+,25-,26+,27+,28-/m1/s1. The smallest absolute Gasteiger partial charge is 0.404 e. The van der Waals surface area contributed by atoms with Crippen molar-refractivity contribution in [3.63, 3.8) is 0 Å². The van der Waals surface area contributed by atoms with E-state index in [1.54, 1.807) is 0 Å². The summed E-state index contributed by atoms with van der Waals surface area (Å²) in [6, 6.07) is -5.24. The summed E-state index contributed by atoms with van der Waals surface area (Å²) in [5.74, 6) is -2.58. The molecule has 21 N–H and O–H groups in total. The summed E-state index contributed by atoms with van der Waals surface area (Å²) in [6.07, 6.45) is -5.16. The van der Waals surface area contributed by atoms with Crippen molar-refractivity contribution in [2.75, 3.05) is 32.8 Å². The first-order chi connectivity index (χ1) is 25.6. The van der Waals surface area contributed by atoms with Gasteiger partial charge in [-0.2, -0.15) is 0 Å². The largest absolute Gasteiger partial charge is 0.480 e. The van der Waals surface area contributed by atoms with Gasteiger partial charge in [0.2, 0.25) is 17.7 Å². The second-order valence-electron chi connectivity index (χ2n) is 13.5. The van der Waals surface area contributed by atoms with Crippen LogP contribution >= 0.6 is 0 Å². The molecule has 0 aromatic carbocycles. The summed E-state index contributed by atoms with van der Waals surface area (Å²) in [5, 5.41) is 54.9. The van der Waals surface area contributed by atoms with Crippen LogP contribution in [0.1, 0.15) is 57.8 Å². The maximum Gasteiger partial charge on any atom is 0.404 e. The fraction of sp³-hybridized carbons (Fsp3) is 0.806. The summed E-state index contributed by atoms with van der Waals surface area (Å²) < 4.78 is 10.5. The zero-order valence-electron chi connectivity index (χ0n) is 30.3. The van der Waals surface area contributed by atoms with E-state index >= 15 is 0 Å². The number of aliphatic hydroxyl groups excluding tert-OH is 3. The molecule has 1 fully saturated rings. The van der Waals surface area contributed by atoms with Gasteiger partial charge in [0.05, 0.1) is 12.1 Å². The second kappa shape index (κ2) is 23.8. The average molecular weight is 777 g/mol. The number of aliphatic hydroxyl groups is 3. The van der Waals surface area contributed by atoms with Gasteiger partial charge in [-0.1, -0.05) is 0 Å². The Labute approximate surface area is 313 Å². The van der Waals surface area contributed by atoms with E-state index in [4.69, 9.17) is 43.9 Å². The highest BCUT2D eigenvalue weighted by atomic mass is 16.6. The lowest BCUT2D eigenvalue weighted by Crippen LogP contribution is -2.69. The Morgan fingerprint density at radius 3 is 1.89 bits per heavy atom. The number of guanidine groups is 1. The van der Waals surface area contributed by atoms with Gasteiger partial charge in [0.25, 0.3) is 0 Å². The normalized spacial score (nSPS) is 25.9. The molecule has 0 aliphatic carbocycles. The number of nitrogens with one attached hydrogen (secondary N) is 5. The highest BCUT2D eigenvalue weighted by Gasteiger charge is 2.47. The van der Waals surface area contributed by atoms with Crippen molar-refractivity contribution in [2.45, 2.75) is 125 Å². The second-order valence-corrected chi connectivity index (χ2v) is 13.5. The third-order valence-corrected chi connectivity index (χ3v) is 8.83. The molecule has 4 amide bonds. The Morgan fingerprint density at radius 1 is 0.852 bits per heavy atom. The minimum absolute atomic E-state index is 0.0852. The van der Waals surface area contributed by atoms with Gasteiger partial charge in [0.1, 0.15) is 31.0 Å². The molecule has 2 rings (SSSR count). The minimum atomic E-state index is -1.70. The molecule has 2 aliphatic heterocycles. The molecule has 2 aliphatic rings. The van der Waals surface area contributed by atoms with Gasteiger partial charge >= 0.3 is 12.1 Å². The number of carbonyl (C=O) groups is 5. The Balaban J connectivity index is 1.83. The number of primary amides is 1. The lowest BCUT2D eigenvalue weighted by Gasteiger charge is -2.43. The van der Waals surface area contributed by atoms with Crippen LogP contribution in [0.15, 0.2) is 4.99 Å². The molecule has 0 spiro atoms. The SMILES string of the molecule is NCCCC(N)CC(=O)NCCCC(N)CC(=O)NCCCC(N)CC(=O)N[C@@H]1[C@H](O)[C@@H](O)[C@@H](COC(N)=O)O[C@H]1NC1=N[C@H](C(=O)O)[C@@H](C(O)CN)N1. The molecule has 1 saturated heterocycles. The highest BCUT2D eigenvalue weighted by Crippen LogP contribution is 2.22. The first-order valence-corrected chi connectivity index (χ1v) is 18.0. The lowest BCUT2D eigenvalue weighted by atomic mass is 9.95. The molecule has 0 bridgehead atoms. The predicted molar refractivity (Wildman–Crippen MR) is 193 cm³/mol. The fourth-order valence-electron chi connectivity index (χ4n) is 5.89. The van der Waals surface area contributed by atoms with Gasteiger partial charge in [-0.05, 0) is 45.1 Å². The molecular weight excluding hydrogens is 716 g/mol. The summed E-state index contributed by atoms with van der Waals surface area (Å²) >= 11 is 0. The topological polar surface area (TPSA) is 413 Å². The zero-order chi connectivity index (χ0) is 40.4. The van der Waals surface area contributed by atoms with Gasteiger partial charge < -0.3 is 90.9 Å². The van der Waals surface area contributed by atoms with Crippen LogP contribution < -0.4 is 61.0 Å². The molecule has 4 unspecified atom stereocenters. The van der Waals surface area contributed by atoms with Crippen LogP contribution in [0.5, 0.6) is 0 Å². The fourth-order valence-corrected chi connectivity index (χ4v) is 5.89. The van der Waals surface area contributed by atoms with Gasteiger partial charge in [-0.3, -0.25) is 14.4 Å². The minimum Gasteiger partial charge on any atom is -0.480 e. The van der Waals surface area contributed by atoms with Crippen LogP contribution in [0.2, 0.25) is 0 Å². The van der Waals surface area contributed by atoms with Crippen LogP contribution in [-0.4, -0.2) is 156 Å². The first-order valence-electron chi connectivity index (χ1n) is 18.0. The molecule has 23 heteroatoms. The first kappa shape index (κ1) is 46.2. The third kappa shape index (κ3) is 16.2. The maximum absolute atomic E-state index is 13.0. The summed E-state index contributed by atoms with van der Waals surface area (Å²) in [5.41, 5.74) is 34.1. The number of ether oxygens (including phenoxy) is 2. The number of hydrogen-bond acceptors (Lipinski definition) is 18. The number of carbonyl (C=O) groups excluding carboxylic acids is 4. The van der Waals surface area contributed by atoms with Gasteiger partial charge in [0, 0.05) is 57.0 Å². The van der Waals surface area contributed by atoms with E-state index < -0.39 is 85.4 Å². The van der Waals surface area contributed by atoms with E-state index in [0.717, 1.165) is 6.42 Å². The number of amides is 4. The van der Waals surface area contributed by atoms with Crippen molar-refractivity contribution < 1.29 is 53.9 Å². The van der Waals surface area contributed by atoms with Gasteiger partial charge in [-0.15, -0.1) is 0 Å². The summed E-state index contributed by atoms with van der Waals surface area (Å²) in [4.78, 5) is 64.3. The van der Waals surface area contributed by atoms with Crippen molar-refractivity contribution in [1.82, 2.24) is 26.6 Å². The van der Waals surface area contributed by atoms with E-state index in [-0.39, 0.29) is 56.2 Å². The van der Waals surface area contributed by atoms with E-state index in [9.17, 15) is 44.4 Å². The molecule has 2 heterocycles. The van der Waals surface area contributed by atoms with E-state index in [1.807, 2.05) is 0 Å². The summed E-state index contributed by atoms with van der Waals surface area (Å²) in [7, 11) is 0. The van der Waals surface area contributed by atoms with Crippen LogP contribution in [-0.2, 0) is 28.7 Å². The molecule has 0 aromatic heterocycles. The van der Waals surface area contributed by atoms with Crippen LogP contribution in [0.3, 0.4) is 0 Å². The molecular formula is C31H60N12O11. The Bertz CT molecular complexity index is 1250. The number of hydrogen-bond donors (Lipinski definition) is 15. The number of aliphatic imine (C=N–C) groups is 1. The molecule has 23 nitrogen and oxygen atoms in total. The van der Waals surface area contributed by atoms with Crippen molar-refractivity contribution >= 4 is 35.7 Å². The number of nitrogens with two attached hydrogens (primary N) is 6. The number of rotatable bonds is 24. The van der Waals surface area contributed by atoms with Crippen molar-refractivity contribution in [3.05, 3.63) is 0 Å². The van der Waals surface area contributed by atoms with Crippen molar-refractivity contribution in [3.8, 4) is 0 Å². The van der Waals surface area contributed by atoms with Crippen LogP contribution in [0.4, 0.5) is 4.79 Å². The molecule has 0 saturated carbocycles. The number of nitrogens with zero attached hydrogens (tertiary/aromatic N) is 1. The van der Waals surface area contributed by atoms with Crippen LogP contribution in [0.25, 0.3) is 0 Å². The van der Waals surface area contributed by atoms with Crippen molar-refractivity contribution in [2.24, 2.45) is 39.4 Å². The van der Waals surface area contributed by atoms with Gasteiger partial charge in [0.15, 0.2) is 18.2 Å². The number of carboxylic acids is 1. The quantitative estimate of drug-likeness (QED) is 0.0405. The van der Waals surface area contributed by atoms with E-state index in [0.29, 0.717) is 45.2 Å². The Morgan fingerprint density at radius 2 is 1.39 bits per heavy atom. The molecule has 0 radical (unpaired) electrons. The van der Waals surface area contributed by atoms with E-state index in [1.165, 1.54) is 0 Å². The summed E-state index contributed by atoms with van der Waals surface area (Å²) in [6.45, 7) is 0.361. The Hall–Kier alpha value is -3.94. The lowest BCUT2D eigenvalue weighted by molar-refractivity contribution is -0.198. The highest BCUT2D eigenvalue weighted by molar-refractivity contribution is 5.89. The van der Waals surface area contributed by atoms with E-state index in [2.05, 4.69) is 31.6 Å². The number of carboxylic acid groups (broad SMARTS) is 1. The number of aliphatic carboxylic acids is 1. The van der Waals surface area contributed by atoms with Gasteiger partial charge in [-0.25, -0.2) is 14.6 Å². The third-order valence-electron chi connectivity index (χ3n) is 8.83.